The molecule has 0 aromatic rings. The maximum absolute atomic E-state index is 2.45. The van der Waals surface area contributed by atoms with Gasteiger partial charge in [-0.1, -0.05) is 107 Å². The topological polar surface area (TPSA) is 0 Å². The normalized spacial score (nSPS) is 15.5. The third-order valence-corrected chi connectivity index (χ3v) is 5.01. The maximum atomic E-state index is 2.45. The highest BCUT2D eigenvalue weighted by Crippen LogP contribution is 2.22. The van der Waals surface area contributed by atoms with Crippen LogP contribution in [0.1, 0.15) is 92.4 Å². The predicted molar refractivity (Wildman–Crippen MR) is 107 cm³/mol. The largest absolute Gasteiger partial charge is 0.0818 e. The van der Waals surface area contributed by atoms with Gasteiger partial charge in [-0.2, -0.15) is 0 Å². The van der Waals surface area contributed by atoms with E-state index in [1.54, 1.807) is 5.57 Å². The Morgan fingerprint density at radius 1 is 0.810 bits per heavy atom. The molecule has 0 saturated heterocycles. The van der Waals surface area contributed by atoms with E-state index in [1.165, 1.54) is 57.8 Å². The summed E-state index contributed by atoms with van der Waals surface area (Å²) in [6.07, 6.45) is 15.0. The van der Waals surface area contributed by atoms with Gasteiger partial charge in [0.15, 0.2) is 0 Å². The van der Waals surface area contributed by atoms with Crippen LogP contribution in [0.25, 0.3) is 0 Å². The summed E-state index contributed by atoms with van der Waals surface area (Å²) in [7, 11) is 0. The molecule has 0 radical (unpaired) electrons. The van der Waals surface area contributed by atoms with Crippen molar-refractivity contribution in [1.82, 2.24) is 0 Å². The second kappa shape index (κ2) is 14.1. The first kappa shape index (κ1) is 21.5. The van der Waals surface area contributed by atoms with E-state index in [4.69, 9.17) is 0 Å². The Hall–Kier alpha value is 0.470. The molecule has 0 spiro atoms. The van der Waals surface area contributed by atoms with Gasteiger partial charge in [0, 0.05) is 4.43 Å². The first-order valence-electron chi connectivity index (χ1n) is 9.17. The highest BCUT2D eigenvalue weighted by atomic mass is 127. The maximum Gasteiger partial charge on any atom is 0.0178 e. The first-order chi connectivity index (χ1) is 9.95. The molecule has 0 aliphatic rings. The molecule has 0 amide bonds. The van der Waals surface area contributed by atoms with Crippen molar-refractivity contribution in [3.63, 3.8) is 0 Å². The molecule has 126 valence electrons. The van der Waals surface area contributed by atoms with E-state index < -0.39 is 0 Å². The molecule has 2 atom stereocenters. The minimum Gasteiger partial charge on any atom is -0.0818 e. The van der Waals surface area contributed by atoms with Crippen LogP contribution in [0.4, 0.5) is 0 Å². The van der Waals surface area contributed by atoms with Gasteiger partial charge in [0.2, 0.25) is 0 Å². The Morgan fingerprint density at radius 3 is 1.76 bits per heavy atom. The average Bonchev–Trinajstić information content (AvgIpc) is 2.38. The lowest BCUT2D eigenvalue weighted by Crippen LogP contribution is -2.00. The Balaban J connectivity index is 3.52. The fourth-order valence-corrected chi connectivity index (χ4v) is 3.69. The molecule has 0 nitrogen and oxygen atoms in total. The number of allylic oxidation sites excluding steroid dienone is 2. The SMILES string of the molecule is C/C(=C\CI)CCC[C@H](C)CCC[C@H](C)CCCC(C)C. The minimum absolute atomic E-state index is 0.877. The van der Waals surface area contributed by atoms with Crippen molar-refractivity contribution in [2.45, 2.75) is 92.4 Å². The van der Waals surface area contributed by atoms with Gasteiger partial charge in [0.05, 0.1) is 0 Å². The summed E-state index contributed by atoms with van der Waals surface area (Å²) >= 11 is 2.43. The van der Waals surface area contributed by atoms with E-state index in [9.17, 15) is 0 Å². The van der Waals surface area contributed by atoms with Crippen LogP contribution >= 0.6 is 22.6 Å². The standard InChI is InChI=1S/C20H39I/c1-17(2)9-6-10-18(3)11-7-12-19(4)13-8-14-20(5)15-16-21/h15,17-19H,6-14,16H2,1-5H3/b20-15+/t18-,19-/m1/s1. The molecule has 0 aromatic carbocycles. The summed E-state index contributed by atoms with van der Waals surface area (Å²) in [6, 6.07) is 0. The summed E-state index contributed by atoms with van der Waals surface area (Å²) < 4.78 is 1.16. The molecule has 21 heavy (non-hydrogen) atoms. The van der Waals surface area contributed by atoms with Crippen molar-refractivity contribution in [2.24, 2.45) is 17.8 Å². The monoisotopic (exact) mass is 406 g/mol. The number of hydrogen-bond donors (Lipinski definition) is 0. The zero-order chi connectivity index (χ0) is 16.1. The van der Waals surface area contributed by atoms with Crippen LogP contribution in [0.3, 0.4) is 0 Å². The van der Waals surface area contributed by atoms with Crippen LogP contribution in [-0.2, 0) is 0 Å². The van der Waals surface area contributed by atoms with E-state index >= 15 is 0 Å². The summed E-state index contributed by atoms with van der Waals surface area (Å²) in [5.74, 6) is 2.73. The van der Waals surface area contributed by atoms with Gasteiger partial charge >= 0.3 is 0 Å². The van der Waals surface area contributed by atoms with Crippen LogP contribution in [-0.4, -0.2) is 4.43 Å². The van der Waals surface area contributed by atoms with E-state index in [2.05, 4.69) is 63.3 Å². The fourth-order valence-electron chi connectivity index (χ4n) is 2.94. The minimum atomic E-state index is 0.877. The molecule has 0 fully saturated rings. The van der Waals surface area contributed by atoms with Crippen molar-refractivity contribution in [1.29, 1.82) is 0 Å². The van der Waals surface area contributed by atoms with Crippen LogP contribution in [0.5, 0.6) is 0 Å². The molecule has 1 heteroatoms. The zero-order valence-electron chi connectivity index (χ0n) is 15.3. The van der Waals surface area contributed by atoms with E-state index in [0.29, 0.717) is 0 Å². The van der Waals surface area contributed by atoms with E-state index in [0.717, 1.165) is 22.2 Å². The average molecular weight is 406 g/mol. The molecule has 0 rings (SSSR count). The highest BCUT2D eigenvalue weighted by molar-refractivity contribution is 14.1. The third-order valence-electron chi connectivity index (χ3n) is 4.57. The second-order valence-electron chi connectivity index (χ2n) is 7.56. The van der Waals surface area contributed by atoms with Crippen LogP contribution in [0, 0.1) is 17.8 Å². The molecule has 0 aliphatic heterocycles. The third kappa shape index (κ3) is 15.1. The van der Waals surface area contributed by atoms with Crippen molar-refractivity contribution >= 4 is 22.6 Å². The summed E-state index contributed by atoms with van der Waals surface area (Å²) in [6.45, 7) is 11.8. The lowest BCUT2D eigenvalue weighted by molar-refractivity contribution is 0.389. The number of rotatable bonds is 13. The molecule has 0 unspecified atom stereocenters. The summed E-state index contributed by atoms with van der Waals surface area (Å²) in [5, 5.41) is 0. The Labute approximate surface area is 148 Å². The lowest BCUT2D eigenvalue weighted by Gasteiger charge is -2.15. The van der Waals surface area contributed by atoms with E-state index in [1.807, 2.05) is 0 Å². The van der Waals surface area contributed by atoms with Gasteiger partial charge in [-0.15, -0.1) is 0 Å². The van der Waals surface area contributed by atoms with Gasteiger partial charge in [0.25, 0.3) is 0 Å². The Kier molecular flexibility index (Phi) is 14.4. The molecule has 0 N–H and O–H groups in total. The number of hydrogen-bond acceptors (Lipinski definition) is 0. The molecule has 0 heterocycles. The van der Waals surface area contributed by atoms with Crippen LogP contribution in [0.15, 0.2) is 11.6 Å². The number of alkyl halides is 1. The van der Waals surface area contributed by atoms with Crippen molar-refractivity contribution in [3.05, 3.63) is 11.6 Å². The molecular formula is C20H39I. The lowest BCUT2D eigenvalue weighted by atomic mass is 9.91. The molecule has 0 aromatic heterocycles. The van der Waals surface area contributed by atoms with Crippen LogP contribution < -0.4 is 0 Å². The Bertz CT molecular complexity index is 255. The van der Waals surface area contributed by atoms with Gasteiger partial charge in [-0.3, -0.25) is 0 Å². The molecular weight excluding hydrogens is 367 g/mol. The summed E-state index contributed by atoms with van der Waals surface area (Å²) in [5.41, 5.74) is 1.58. The number of halogens is 1. The van der Waals surface area contributed by atoms with Crippen molar-refractivity contribution < 1.29 is 0 Å². The highest BCUT2D eigenvalue weighted by Gasteiger charge is 2.06. The molecule has 0 saturated carbocycles. The zero-order valence-corrected chi connectivity index (χ0v) is 17.4. The second-order valence-corrected chi connectivity index (χ2v) is 8.44. The van der Waals surface area contributed by atoms with Gasteiger partial charge in [0.1, 0.15) is 0 Å². The van der Waals surface area contributed by atoms with Crippen molar-refractivity contribution in [2.75, 3.05) is 4.43 Å². The smallest absolute Gasteiger partial charge is 0.0178 e. The molecule has 0 aliphatic carbocycles. The quantitative estimate of drug-likeness (QED) is 0.166. The van der Waals surface area contributed by atoms with Gasteiger partial charge in [-0.05, 0) is 37.5 Å². The van der Waals surface area contributed by atoms with Gasteiger partial charge in [-0.25, -0.2) is 0 Å². The van der Waals surface area contributed by atoms with Gasteiger partial charge < -0.3 is 0 Å². The van der Waals surface area contributed by atoms with E-state index in [-0.39, 0.29) is 0 Å². The first-order valence-corrected chi connectivity index (χ1v) is 10.7. The summed E-state index contributed by atoms with van der Waals surface area (Å²) in [4.78, 5) is 0. The van der Waals surface area contributed by atoms with Crippen LogP contribution in [0.2, 0.25) is 0 Å². The predicted octanol–water partition coefficient (Wildman–Crippen LogP) is 7.81. The Morgan fingerprint density at radius 2 is 1.29 bits per heavy atom. The fraction of sp³-hybridized carbons (Fsp3) is 0.900. The van der Waals surface area contributed by atoms with Crippen molar-refractivity contribution in [3.8, 4) is 0 Å². The molecule has 0 bridgehead atoms.